The number of nitrogens with zero attached hydrogens (tertiary/aromatic N) is 2. The third kappa shape index (κ3) is 2.37. The van der Waals surface area contributed by atoms with Gasteiger partial charge in [-0.05, 0) is 24.5 Å². The van der Waals surface area contributed by atoms with Gasteiger partial charge in [-0.15, -0.1) is 0 Å². The molecule has 3 rings (SSSR count). The Labute approximate surface area is 109 Å². The van der Waals surface area contributed by atoms with Crippen molar-refractivity contribution < 1.29 is 13.6 Å². The number of pyridine rings is 1. The third-order valence-corrected chi connectivity index (χ3v) is 3.71. The number of ketones is 1. The van der Waals surface area contributed by atoms with Crippen molar-refractivity contribution in [1.82, 2.24) is 9.61 Å². The maximum atomic E-state index is 13.1. The fourth-order valence-electron chi connectivity index (χ4n) is 2.74. The molecule has 1 aliphatic carbocycles. The van der Waals surface area contributed by atoms with Crippen LogP contribution in [-0.2, 0) is 0 Å². The van der Waals surface area contributed by atoms with E-state index in [-0.39, 0.29) is 31.0 Å². The van der Waals surface area contributed by atoms with Gasteiger partial charge in [0.05, 0.1) is 17.3 Å². The maximum Gasteiger partial charge on any atom is 0.248 e. The number of hydrogen-bond donors (Lipinski definition) is 0. The molecule has 0 aliphatic heterocycles. The number of halogens is 2. The van der Waals surface area contributed by atoms with Crippen molar-refractivity contribution in [2.45, 2.75) is 31.6 Å². The second-order valence-corrected chi connectivity index (χ2v) is 5.18. The number of alkyl halides is 2. The molecule has 0 saturated heterocycles. The Morgan fingerprint density at radius 1 is 1.47 bits per heavy atom. The van der Waals surface area contributed by atoms with E-state index in [1.807, 2.05) is 18.2 Å². The fraction of sp³-hybridized carbons (Fsp3) is 0.429. The van der Waals surface area contributed by atoms with Gasteiger partial charge < -0.3 is 0 Å². The highest BCUT2D eigenvalue weighted by Crippen LogP contribution is 2.40. The van der Waals surface area contributed by atoms with E-state index >= 15 is 0 Å². The molecule has 19 heavy (non-hydrogen) atoms. The number of carbonyl (C=O) groups is 1. The Bertz CT molecular complexity index is 621. The lowest BCUT2D eigenvalue weighted by atomic mass is 9.97. The average molecular weight is 264 g/mol. The molecule has 1 fully saturated rings. The normalized spacial score (nSPS) is 21.9. The van der Waals surface area contributed by atoms with Crippen molar-refractivity contribution in [2.24, 2.45) is 5.92 Å². The molecule has 2 aromatic heterocycles. The molecule has 100 valence electrons. The highest BCUT2D eigenvalue weighted by molar-refractivity contribution is 6.02. The molecule has 3 nitrogen and oxygen atoms in total. The number of rotatable bonds is 3. The number of hydrogen-bond acceptors (Lipinski definition) is 2. The highest BCUT2D eigenvalue weighted by atomic mass is 19.3. The smallest absolute Gasteiger partial charge is 0.248 e. The summed E-state index contributed by atoms with van der Waals surface area (Å²) in [5.41, 5.74) is 1.26. The topological polar surface area (TPSA) is 34.4 Å². The lowest BCUT2D eigenvalue weighted by Gasteiger charge is -2.09. The first kappa shape index (κ1) is 12.3. The van der Waals surface area contributed by atoms with Crippen LogP contribution in [0.2, 0.25) is 0 Å². The monoisotopic (exact) mass is 264 g/mol. The van der Waals surface area contributed by atoms with Crippen LogP contribution in [0.5, 0.6) is 0 Å². The first-order valence-electron chi connectivity index (χ1n) is 6.38. The van der Waals surface area contributed by atoms with Crippen LogP contribution in [0.1, 0.15) is 36.0 Å². The summed E-state index contributed by atoms with van der Waals surface area (Å²) in [6.45, 7) is 0. The summed E-state index contributed by atoms with van der Waals surface area (Å²) >= 11 is 0. The molecule has 0 bridgehead atoms. The minimum atomic E-state index is -2.59. The Morgan fingerprint density at radius 3 is 3.05 bits per heavy atom. The van der Waals surface area contributed by atoms with Crippen molar-refractivity contribution in [3.63, 3.8) is 0 Å². The van der Waals surface area contributed by atoms with E-state index < -0.39 is 5.92 Å². The van der Waals surface area contributed by atoms with Gasteiger partial charge in [0.15, 0.2) is 5.78 Å². The molecule has 5 heteroatoms. The van der Waals surface area contributed by atoms with Crippen LogP contribution in [0.4, 0.5) is 8.78 Å². The molecule has 1 unspecified atom stereocenters. The summed E-state index contributed by atoms with van der Waals surface area (Å²) in [6.07, 6.45) is 3.63. The molecule has 1 saturated carbocycles. The van der Waals surface area contributed by atoms with Crippen LogP contribution in [0, 0.1) is 5.92 Å². The van der Waals surface area contributed by atoms with Crippen LogP contribution in [-0.4, -0.2) is 21.3 Å². The third-order valence-electron chi connectivity index (χ3n) is 3.71. The molecule has 2 heterocycles. The van der Waals surface area contributed by atoms with Gasteiger partial charge >= 0.3 is 0 Å². The summed E-state index contributed by atoms with van der Waals surface area (Å²) in [5, 5.41) is 4.09. The average Bonchev–Trinajstić information content (AvgIpc) is 2.92. The zero-order valence-electron chi connectivity index (χ0n) is 10.4. The molecular weight excluding hydrogens is 250 g/mol. The molecule has 1 aliphatic rings. The number of aromatic nitrogens is 2. The number of Topliss-reactive ketones (excluding diaryl/α,β-unsaturated/α-hetero) is 1. The first-order chi connectivity index (χ1) is 9.05. The van der Waals surface area contributed by atoms with Gasteiger partial charge in [0, 0.05) is 25.5 Å². The molecule has 0 spiro atoms. The van der Waals surface area contributed by atoms with Crippen molar-refractivity contribution in [1.29, 1.82) is 0 Å². The summed E-state index contributed by atoms with van der Waals surface area (Å²) in [7, 11) is 0. The standard InChI is InChI=1S/C14H14F2N2O/c15-14(16)5-4-10(8-14)7-13(19)11-9-17-18-6-2-1-3-12(11)18/h1-3,6,9-10H,4-5,7-8H2. The van der Waals surface area contributed by atoms with Crippen molar-refractivity contribution >= 4 is 11.3 Å². The molecule has 0 amide bonds. The lowest BCUT2D eigenvalue weighted by molar-refractivity contribution is 0.00498. The van der Waals surface area contributed by atoms with Crippen LogP contribution in [0.15, 0.2) is 30.6 Å². The highest BCUT2D eigenvalue weighted by Gasteiger charge is 2.40. The predicted molar refractivity (Wildman–Crippen MR) is 66.4 cm³/mol. The van der Waals surface area contributed by atoms with Crippen molar-refractivity contribution in [3.05, 3.63) is 36.2 Å². The molecule has 0 N–H and O–H groups in total. The van der Waals surface area contributed by atoms with Crippen molar-refractivity contribution in [3.8, 4) is 0 Å². The van der Waals surface area contributed by atoms with Gasteiger partial charge in [-0.1, -0.05) is 6.07 Å². The van der Waals surface area contributed by atoms with E-state index in [1.54, 1.807) is 10.7 Å². The molecule has 0 aromatic carbocycles. The summed E-state index contributed by atoms with van der Waals surface area (Å²) in [5.74, 6) is -2.89. The minimum Gasteiger partial charge on any atom is -0.294 e. The lowest BCUT2D eigenvalue weighted by Crippen LogP contribution is -2.11. The Balaban J connectivity index is 1.78. The second-order valence-electron chi connectivity index (χ2n) is 5.18. The quantitative estimate of drug-likeness (QED) is 0.797. The fourth-order valence-corrected chi connectivity index (χ4v) is 2.74. The van der Waals surface area contributed by atoms with E-state index in [0.717, 1.165) is 5.52 Å². The van der Waals surface area contributed by atoms with E-state index in [2.05, 4.69) is 5.10 Å². The number of fused-ring (bicyclic) bond motifs is 1. The zero-order chi connectivity index (χ0) is 13.5. The van der Waals surface area contributed by atoms with Crippen LogP contribution in [0.3, 0.4) is 0 Å². The van der Waals surface area contributed by atoms with Gasteiger partial charge in [-0.25, -0.2) is 13.3 Å². The van der Waals surface area contributed by atoms with Crippen LogP contribution >= 0.6 is 0 Å². The Kier molecular flexibility index (Phi) is 2.84. The van der Waals surface area contributed by atoms with Crippen LogP contribution < -0.4 is 0 Å². The Hall–Kier alpha value is -1.78. The van der Waals surface area contributed by atoms with Gasteiger partial charge in [0.25, 0.3) is 0 Å². The maximum absolute atomic E-state index is 13.1. The SMILES string of the molecule is O=C(CC1CCC(F)(F)C1)c1cnn2ccccc12. The van der Waals surface area contributed by atoms with Gasteiger partial charge in [-0.2, -0.15) is 5.10 Å². The number of carbonyl (C=O) groups excluding carboxylic acids is 1. The van der Waals surface area contributed by atoms with E-state index in [1.165, 1.54) is 6.20 Å². The van der Waals surface area contributed by atoms with E-state index in [0.29, 0.717) is 12.0 Å². The minimum absolute atomic E-state index is 0.0936. The molecular formula is C14H14F2N2O. The Morgan fingerprint density at radius 2 is 2.32 bits per heavy atom. The van der Waals surface area contributed by atoms with Gasteiger partial charge in [0.1, 0.15) is 0 Å². The molecule has 2 aromatic rings. The van der Waals surface area contributed by atoms with Crippen LogP contribution in [0.25, 0.3) is 5.52 Å². The molecule has 0 radical (unpaired) electrons. The first-order valence-corrected chi connectivity index (χ1v) is 6.38. The summed E-state index contributed by atoms with van der Waals surface area (Å²) in [4.78, 5) is 12.2. The largest absolute Gasteiger partial charge is 0.294 e. The summed E-state index contributed by atoms with van der Waals surface area (Å²) in [6, 6.07) is 5.47. The zero-order valence-corrected chi connectivity index (χ0v) is 10.4. The predicted octanol–water partition coefficient (Wildman–Crippen LogP) is 3.34. The van der Waals surface area contributed by atoms with E-state index in [9.17, 15) is 13.6 Å². The second kappa shape index (κ2) is 4.40. The molecule has 1 atom stereocenters. The van der Waals surface area contributed by atoms with E-state index in [4.69, 9.17) is 0 Å². The van der Waals surface area contributed by atoms with Gasteiger partial charge in [0.2, 0.25) is 5.92 Å². The van der Waals surface area contributed by atoms with Crippen molar-refractivity contribution in [2.75, 3.05) is 0 Å². The van der Waals surface area contributed by atoms with Gasteiger partial charge in [-0.3, -0.25) is 4.79 Å². The summed E-state index contributed by atoms with van der Waals surface area (Å²) < 4.78 is 27.8.